The third-order valence-corrected chi connectivity index (χ3v) is 4.30. The second-order valence-corrected chi connectivity index (χ2v) is 5.72. The van der Waals surface area contributed by atoms with Crippen LogP contribution in [0, 0.1) is 5.92 Å². The Kier molecular flexibility index (Phi) is 2.84. The van der Waals surface area contributed by atoms with Crippen molar-refractivity contribution < 1.29 is 14.6 Å². The van der Waals surface area contributed by atoms with E-state index in [4.69, 9.17) is 9.47 Å². The summed E-state index contributed by atoms with van der Waals surface area (Å²) in [6.45, 7) is 1.50. The van der Waals surface area contributed by atoms with Crippen molar-refractivity contribution in [1.29, 1.82) is 0 Å². The molecule has 19 heavy (non-hydrogen) atoms. The van der Waals surface area contributed by atoms with Gasteiger partial charge in [-0.1, -0.05) is 0 Å². The van der Waals surface area contributed by atoms with Crippen LogP contribution in [-0.2, 0) is 9.47 Å². The van der Waals surface area contributed by atoms with E-state index in [0.29, 0.717) is 6.61 Å². The summed E-state index contributed by atoms with van der Waals surface area (Å²) in [5.74, 6) is 0.774. The molecule has 2 saturated heterocycles. The fraction of sp³-hybridized carbons (Fsp3) is 0.769. The van der Waals surface area contributed by atoms with Gasteiger partial charge < -0.3 is 19.9 Å². The lowest BCUT2D eigenvalue weighted by Crippen LogP contribution is -2.58. The van der Waals surface area contributed by atoms with Gasteiger partial charge in [0, 0.05) is 12.4 Å². The molecule has 1 aromatic heterocycles. The molecular formula is C13H19N3O3. The summed E-state index contributed by atoms with van der Waals surface area (Å²) in [7, 11) is 0. The molecular weight excluding hydrogens is 246 g/mol. The molecule has 3 fully saturated rings. The first kappa shape index (κ1) is 11.8. The highest BCUT2D eigenvalue weighted by molar-refractivity contribution is 5.01. The number of aliphatic hydroxyl groups excluding tert-OH is 1. The van der Waals surface area contributed by atoms with Gasteiger partial charge in [0.1, 0.15) is 12.1 Å². The van der Waals surface area contributed by atoms with E-state index in [2.05, 4.69) is 10.4 Å². The van der Waals surface area contributed by atoms with Crippen LogP contribution in [0.1, 0.15) is 18.9 Å². The van der Waals surface area contributed by atoms with E-state index < -0.39 is 6.10 Å². The molecule has 2 N–H and O–H groups in total. The SMILES string of the molecule is O[C@H]1[C@H](NCC2CC2)[C@H]2CO[C@H](O2)[C@@H]1n1cccn1. The molecule has 4 rings (SSSR count). The summed E-state index contributed by atoms with van der Waals surface area (Å²) in [4.78, 5) is 0. The minimum atomic E-state index is -0.537. The van der Waals surface area contributed by atoms with E-state index in [-0.39, 0.29) is 24.5 Å². The van der Waals surface area contributed by atoms with Crippen LogP contribution in [0.4, 0.5) is 0 Å². The first-order chi connectivity index (χ1) is 9.33. The molecule has 1 aliphatic carbocycles. The summed E-state index contributed by atoms with van der Waals surface area (Å²) in [6, 6.07) is 1.50. The maximum Gasteiger partial charge on any atom is 0.183 e. The monoisotopic (exact) mass is 265 g/mol. The van der Waals surface area contributed by atoms with Crippen LogP contribution >= 0.6 is 0 Å². The van der Waals surface area contributed by atoms with E-state index in [1.165, 1.54) is 12.8 Å². The second kappa shape index (κ2) is 4.56. The lowest BCUT2D eigenvalue weighted by atomic mass is 9.96. The van der Waals surface area contributed by atoms with Gasteiger partial charge in [-0.25, -0.2) is 0 Å². The highest BCUT2D eigenvalue weighted by atomic mass is 16.7. The zero-order chi connectivity index (χ0) is 12.8. The Morgan fingerprint density at radius 3 is 3.05 bits per heavy atom. The lowest BCUT2D eigenvalue weighted by molar-refractivity contribution is -0.168. The van der Waals surface area contributed by atoms with Crippen molar-refractivity contribution in [1.82, 2.24) is 15.1 Å². The fourth-order valence-electron chi connectivity index (χ4n) is 3.02. The summed E-state index contributed by atoms with van der Waals surface area (Å²) in [6.07, 6.45) is 5.17. The van der Waals surface area contributed by atoms with Crippen molar-refractivity contribution in [3.63, 3.8) is 0 Å². The van der Waals surface area contributed by atoms with Crippen molar-refractivity contribution >= 4 is 0 Å². The predicted molar refractivity (Wildman–Crippen MR) is 66.4 cm³/mol. The Bertz CT molecular complexity index is 434. The minimum absolute atomic E-state index is 0.0504. The summed E-state index contributed by atoms with van der Waals surface area (Å²) < 4.78 is 13.3. The molecule has 0 aromatic carbocycles. The number of rotatable bonds is 4. The normalized spacial score (nSPS) is 41.6. The van der Waals surface area contributed by atoms with Gasteiger partial charge >= 0.3 is 0 Å². The van der Waals surface area contributed by atoms with Gasteiger partial charge in [-0.3, -0.25) is 4.68 Å². The maximum absolute atomic E-state index is 10.6. The summed E-state index contributed by atoms with van der Waals surface area (Å²) >= 11 is 0. The van der Waals surface area contributed by atoms with E-state index in [1.807, 2.05) is 12.3 Å². The second-order valence-electron chi connectivity index (χ2n) is 5.72. The molecule has 2 bridgehead atoms. The van der Waals surface area contributed by atoms with E-state index in [9.17, 15) is 5.11 Å². The molecule has 0 amide bonds. The van der Waals surface area contributed by atoms with Crippen molar-refractivity contribution in [2.24, 2.45) is 5.92 Å². The average Bonchev–Trinajstić information content (AvgIpc) is 2.90. The molecule has 0 spiro atoms. The number of aliphatic hydroxyl groups is 1. The zero-order valence-corrected chi connectivity index (χ0v) is 10.7. The van der Waals surface area contributed by atoms with Crippen molar-refractivity contribution in [2.45, 2.75) is 43.4 Å². The number of ether oxygens (including phenoxy) is 2. The van der Waals surface area contributed by atoms with Crippen LogP contribution in [0.5, 0.6) is 0 Å². The van der Waals surface area contributed by atoms with Gasteiger partial charge in [0.25, 0.3) is 0 Å². The highest BCUT2D eigenvalue weighted by Crippen LogP contribution is 2.36. The Balaban J connectivity index is 1.54. The molecule has 6 heteroatoms. The predicted octanol–water partition coefficient (Wildman–Crippen LogP) is -0.0916. The summed E-state index contributed by atoms with van der Waals surface area (Å²) in [5, 5.41) is 18.3. The number of fused-ring (bicyclic) bond motifs is 2. The van der Waals surface area contributed by atoms with Gasteiger partial charge in [-0.2, -0.15) is 5.10 Å². The Hall–Kier alpha value is -0.950. The van der Waals surface area contributed by atoms with E-state index in [1.54, 1.807) is 10.9 Å². The van der Waals surface area contributed by atoms with Gasteiger partial charge in [0.2, 0.25) is 0 Å². The Morgan fingerprint density at radius 2 is 2.32 bits per heavy atom. The van der Waals surface area contributed by atoms with Crippen LogP contribution in [0.2, 0.25) is 0 Å². The third kappa shape index (κ3) is 2.08. The smallest absolute Gasteiger partial charge is 0.183 e. The molecule has 6 nitrogen and oxygen atoms in total. The Labute approximate surface area is 111 Å². The van der Waals surface area contributed by atoms with Crippen LogP contribution in [-0.4, -0.2) is 52.6 Å². The molecule has 104 valence electrons. The average molecular weight is 265 g/mol. The van der Waals surface area contributed by atoms with E-state index >= 15 is 0 Å². The topological polar surface area (TPSA) is 68.5 Å². The summed E-state index contributed by atoms with van der Waals surface area (Å²) in [5.41, 5.74) is 0. The third-order valence-electron chi connectivity index (χ3n) is 4.30. The van der Waals surface area contributed by atoms with Crippen LogP contribution in [0.3, 0.4) is 0 Å². The van der Waals surface area contributed by atoms with Gasteiger partial charge in [0.05, 0.1) is 18.8 Å². The number of nitrogens with zero attached hydrogens (tertiary/aromatic N) is 2. The molecule has 1 aromatic rings. The minimum Gasteiger partial charge on any atom is -0.389 e. The van der Waals surface area contributed by atoms with Crippen LogP contribution in [0.25, 0.3) is 0 Å². The van der Waals surface area contributed by atoms with Crippen molar-refractivity contribution in [3.8, 4) is 0 Å². The molecule has 5 atom stereocenters. The van der Waals surface area contributed by atoms with Gasteiger partial charge in [-0.05, 0) is 31.4 Å². The number of hydrogen-bond donors (Lipinski definition) is 2. The molecule has 0 radical (unpaired) electrons. The molecule has 3 aliphatic rings. The van der Waals surface area contributed by atoms with Gasteiger partial charge in [0.15, 0.2) is 6.29 Å². The lowest BCUT2D eigenvalue weighted by Gasteiger charge is -2.38. The molecule has 0 unspecified atom stereocenters. The van der Waals surface area contributed by atoms with Crippen molar-refractivity contribution in [2.75, 3.05) is 13.2 Å². The number of hydrogen-bond acceptors (Lipinski definition) is 5. The van der Waals surface area contributed by atoms with Crippen molar-refractivity contribution in [3.05, 3.63) is 18.5 Å². The van der Waals surface area contributed by atoms with Gasteiger partial charge in [-0.15, -0.1) is 0 Å². The number of aromatic nitrogens is 2. The molecule has 1 saturated carbocycles. The van der Waals surface area contributed by atoms with Crippen LogP contribution in [0.15, 0.2) is 18.5 Å². The molecule has 3 heterocycles. The first-order valence-electron chi connectivity index (χ1n) is 7.00. The largest absolute Gasteiger partial charge is 0.389 e. The molecule has 2 aliphatic heterocycles. The Morgan fingerprint density at radius 1 is 1.42 bits per heavy atom. The number of nitrogens with one attached hydrogen (secondary N) is 1. The quantitative estimate of drug-likeness (QED) is 0.796. The zero-order valence-electron chi connectivity index (χ0n) is 10.7. The highest BCUT2D eigenvalue weighted by Gasteiger charge is 2.51. The fourth-order valence-corrected chi connectivity index (χ4v) is 3.02. The maximum atomic E-state index is 10.6. The van der Waals surface area contributed by atoms with E-state index in [0.717, 1.165) is 12.5 Å². The van der Waals surface area contributed by atoms with Crippen LogP contribution < -0.4 is 5.32 Å². The first-order valence-corrected chi connectivity index (χ1v) is 7.00. The standard InChI is InChI=1S/C13H19N3O3/c17-12-10(14-6-8-2-3-8)9-7-18-13(19-9)11(12)16-5-1-4-15-16/h1,4-5,8-14,17H,2-3,6-7H2/t9-,10-,11-,12+,13-/m1/s1.